The molecule has 104 valence electrons. The van der Waals surface area contributed by atoms with Gasteiger partial charge in [0.2, 0.25) is 0 Å². The van der Waals surface area contributed by atoms with Crippen LogP contribution in [0.25, 0.3) is 0 Å². The Labute approximate surface area is 124 Å². The van der Waals surface area contributed by atoms with E-state index in [1.54, 1.807) is 0 Å². The van der Waals surface area contributed by atoms with Crippen molar-refractivity contribution in [2.24, 2.45) is 0 Å². The van der Waals surface area contributed by atoms with Gasteiger partial charge in [-0.3, -0.25) is 10.1 Å². The van der Waals surface area contributed by atoms with Crippen LogP contribution in [0.15, 0.2) is 46.9 Å². The quantitative estimate of drug-likeness (QED) is 0.612. The Kier molecular flexibility index (Phi) is 4.57. The largest absolute Gasteiger partial charge is 0.493 e. The van der Waals surface area contributed by atoms with Crippen LogP contribution in [0.4, 0.5) is 5.69 Å². The minimum atomic E-state index is -0.467. The zero-order valence-corrected chi connectivity index (χ0v) is 12.3. The van der Waals surface area contributed by atoms with Crippen LogP contribution in [-0.2, 0) is 6.61 Å². The summed E-state index contributed by atoms with van der Waals surface area (Å²) < 4.78 is 11.7. The fraction of sp³-hybridized carbons (Fsp3) is 0.143. The highest BCUT2D eigenvalue weighted by Crippen LogP contribution is 2.31. The number of nitrogens with zero attached hydrogens (tertiary/aromatic N) is 1. The lowest BCUT2D eigenvalue weighted by atomic mass is 10.2. The number of halogens is 1. The first-order valence-corrected chi connectivity index (χ1v) is 6.59. The second-order valence-corrected chi connectivity index (χ2v) is 4.93. The van der Waals surface area contributed by atoms with Crippen LogP contribution >= 0.6 is 15.9 Å². The fourth-order valence-electron chi connectivity index (χ4n) is 1.68. The Morgan fingerprint density at radius 3 is 2.65 bits per heavy atom. The van der Waals surface area contributed by atoms with Gasteiger partial charge < -0.3 is 9.47 Å². The molecule has 0 unspecified atom stereocenters. The van der Waals surface area contributed by atoms with Gasteiger partial charge in [0.1, 0.15) is 6.61 Å². The first-order chi connectivity index (χ1) is 9.60. The van der Waals surface area contributed by atoms with Crippen molar-refractivity contribution in [3.05, 3.63) is 62.6 Å². The SMILES string of the molecule is COc1ccc([N+](=O)[O-])cc1OCc1cccc(Br)c1. The Bertz CT molecular complexity index is 630. The van der Waals surface area contributed by atoms with Crippen LogP contribution in [0.1, 0.15) is 5.56 Å². The van der Waals surface area contributed by atoms with Crippen LogP contribution in [-0.4, -0.2) is 12.0 Å². The predicted octanol–water partition coefficient (Wildman–Crippen LogP) is 3.94. The topological polar surface area (TPSA) is 61.6 Å². The molecule has 6 heteroatoms. The molecule has 0 heterocycles. The molecular weight excluding hydrogens is 326 g/mol. The molecule has 20 heavy (non-hydrogen) atoms. The molecule has 5 nitrogen and oxygen atoms in total. The Hall–Kier alpha value is -2.08. The lowest BCUT2D eigenvalue weighted by Gasteiger charge is -2.10. The molecule has 0 aliphatic rings. The van der Waals surface area contributed by atoms with Gasteiger partial charge in [0.15, 0.2) is 11.5 Å². The normalized spacial score (nSPS) is 10.1. The molecule has 0 radical (unpaired) electrons. The first kappa shape index (κ1) is 14.3. The molecule has 0 aliphatic heterocycles. The predicted molar refractivity (Wildman–Crippen MR) is 78.1 cm³/mol. The minimum Gasteiger partial charge on any atom is -0.493 e. The third kappa shape index (κ3) is 3.48. The molecule has 2 aromatic carbocycles. The van der Waals surface area contributed by atoms with Crippen molar-refractivity contribution in [3.63, 3.8) is 0 Å². The average Bonchev–Trinajstić information content (AvgIpc) is 2.44. The van der Waals surface area contributed by atoms with Gasteiger partial charge >= 0.3 is 0 Å². The molecule has 0 saturated carbocycles. The second kappa shape index (κ2) is 6.38. The molecule has 0 N–H and O–H groups in total. The van der Waals surface area contributed by atoms with Crippen molar-refractivity contribution in [2.75, 3.05) is 7.11 Å². The number of benzene rings is 2. The zero-order chi connectivity index (χ0) is 14.5. The summed E-state index contributed by atoms with van der Waals surface area (Å²) in [5, 5.41) is 10.8. The van der Waals surface area contributed by atoms with Crippen molar-refractivity contribution < 1.29 is 14.4 Å². The molecule has 2 aromatic rings. The van der Waals surface area contributed by atoms with Gasteiger partial charge in [0.05, 0.1) is 18.1 Å². The summed E-state index contributed by atoms with van der Waals surface area (Å²) in [6, 6.07) is 11.9. The van der Waals surface area contributed by atoms with Gasteiger partial charge in [-0.2, -0.15) is 0 Å². The lowest BCUT2D eigenvalue weighted by Crippen LogP contribution is -1.99. The number of rotatable bonds is 5. The van der Waals surface area contributed by atoms with E-state index in [4.69, 9.17) is 9.47 Å². The Morgan fingerprint density at radius 1 is 1.20 bits per heavy atom. The van der Waals surface area contributed by atoms with E-state index in [2.05, 4.69) is 15.9 Å². The summed E-state index contributed by atoms with van der Waals surface area (Å²) in [5.74, 6) is 0.812. The number of ether oxygens (including phenoxy) is 2. The number of nitro benzene ring substituents is 1. The number of hydrogen-bond acceptors (Lipinski definition) is 4. The van der Waals surface area contributed by atoms with Crippen molar-refractivity contribution in [1.29, 1.82) is 0 Å². The van der Waals surface area contributed by atoms with Gasteiger partial charge in [0.25, 0.3) is 5.69 Å². The third-order valence-corrected chi connectivity index (χ3v) is 3.13. The molecule has 0 aromatic heterocycles. The number of methoxy groups -OCH3 is 1. The maximum absolute atomic E-state index is 10.8. The van der Waals surface area contributed by atoms with Gasteiger partial charge in [0, 0.05) is 10.5 Å². The van der Waals surface area contributed by atoms with Gasteiger partial charge in [-0.1, -0.05) is 28.1 Å². The summed E-state index contributed by atoms with van der Waals surface area (Å²) in [6.45, 7) is 0.303. The summed E-state index contributed by atoms with van der Waals surface area (Å²) in [6.07, 6.45) is 0. The van der Waals surface area contributed by atoms with Crippen LogP contribution in [0.3, 0.4) is 0 Å². The fourth-order valence-corrected chi connectivity index (χ4v) is 2.13. The highest BCUT2D eigenvalue weighted by molar-refractivity contribution is 9.10. The van der Waals surface area contributed by atoms with E-state index < -0.39 is 4.92 Å². The zero-order valence-electron chi connectivity index (χ0n) is 10.7. The highest BCUT2D eigenvalue weighted by atomic mass is 79.9. The van der Waals surface area contributed by atoms with Crippen molar-refractivity contribution in [2.45, 2.75) is 6.61 Å². The van der Waals surface area contributed by atoms with Crippen molar-refractivity contribution in [1.82, 2.24) is 0 Å². The summed E-state index contributed by atoms with van der Waals surface area (Å²) in [5.41, 5.74) is 0.919. The maximum Gasteiger partial charge on any atom is 0.273 e. The molecule has 0 saturated heterocycles. The number of hydrogen-bond donors (Lipinski definition) is 0. The van der Waals surface area contributed by atoms with Gasteiger partial charge in [-0.05, 0) is 23.8 Å². The average molecular weight is 338 g/mol. The second-order valence-electron chi connectivity index (χ2n) is 4.01. The van der Waals surface area contributed by atoms with E-state index in [0.717, 1.165) is 10.0 Å². The molecule has 0 fully saturated rings. The van der Waals surface area contributed by atoms with Gasteiger partial charge in [-0.15, -0.1) is 0 Å². The standard InChI is InChI=1S/C14H12BrNO4/c1-19-13-6-5-12(16(17)18)8-14(13)20-9-10-3-2-4-11(15)7-10/h2-8H,9H2,1H3. The van der Waals surface area contributed by atoms with E-state index in [9.17, 15) is 10.1 Å². The van der Waals surface area contributed by atoms with Crippen molar-refractivity contribution in [3.8, 4) is 11.5 Å². The molecule has 0 amide bonds. The monoisotopic (exact) mass is 337 g/mol. The lowest BCUT2D eigenvalue weighted by molar-refractivity contribution is -0.385. The Morgan fingerprint density at radius 2 is 2.00 bits per heavy atom. The van der Waals surface area contributed by atoms with E-state index in [-0.39, 0.29) is 5.69 Å². The van der Waals surface area contributed by atoms with E-state index in [1.165, 1.54) is 25.3 Å². The molecule has 0 spiro atoms. The molecule has 0 bridgehead atoms. The molecular formula is C14H12BrNO4. The molecule has 0 aliphatic carbocycles. The number of nitro groups is 1. The van der Waals surface area contributed by atoms with Crippen LogP contribution in [0, 0.1) is 10.1 Å². The van der Waals surface area contributed by atoms with Gasteiger partial charge in [-0.25, -0.2) is 0 Å². The van der Waals surface area contributed by atoms with Crippen LogP contribution in [0.5, 0.6) is 11.5 Å². The van der Waals surface area contributed by atoms with Crippen LogP contribution < -0.4 is 9.47 Å². The van der Waals surface area contributed by atoms with E-state index >= 15 is 0 Å². The van der Waals surface area contributed by atoms with E-state index in [0.29, 0.717) is 18.1 Å². The highest BCUT2D eigenvalue weighted by Gasteiger charge is 2.12. The molecule has 0 atom stereocenters. The third-order valence-electron chi connectivity index (χ3n) is 2.64. The van der Waals surface area contributed by atoms with Crippen molar-refractivity contribution >= 4 is 21.6 Å². The van der Waals surface area contributed by atoms with Crippen LogP contribution in [0.2, 0.25) is 0 Å². The number of non-ortho nitro benzene ring substituents is 1. The minimum absolute atomic E-state index is 0.0324. The first-order valence-electron chi connectivity index (χ1n) is 5.80. The Balaban J connectivity index is 2.19. The summed E-state index contributed by atoms with van der Waals surface area (Å²) in [7, 11) is 1.49. The summed E-state index contributed by atoms with van der Waals surface area (Å²) >= 11 is 3.38. The maximum atomic E-state index is 10.8. The smallest absolute Gasteiger partial charge is 0.273 e. The summed E-state index contributed by atoms with van der Waals surface area (Å²) in [4.78, 5) is 10.3. The van der Waals surface area contributed by atoms with E-state index in [1.807, 2.05) is 24.3 Å². The molecule has 2 rings (SSSR count).